The number of piperazine rings is 1. The number of aliphatic carboxylic acids is 1. The summed E-state index contributed by atoms with van der Waals surface area (Å²) in [5.74, 6) is -1.67. The molecule has 1 N–H and O–H groups in total. The number of carbonyl (C=O) groups is 3. The maximum absolute atomic E-state index is 12.6. The summed E-state index contributed by atoms with van der Waals surface area (Å²) >= 11 is 0. The van der Waals surface area contributed by atoms with Gasteiger partial charge in [-0.05, 0) is 36.4 Å². The van der Waals surface area contributed by atoms with Gasteiger partial charge in [-0.2, -0.15) is 0 Å². The molecule has 0 aliphatic carbocycles. The Hall–Kier alpha value is -3.35. The lowest BCUT2D eigenvalue weighted by Gasteiger charge is -2.36. The van der Waals surface area contributed by atoms with Crippen molar-refractivity contribution in [2.75, 3.05) is 42.5 Å². The van der Waals surface area contributed by atoms with Crippen LogP contribution in [0.15, 0.2) is 54.6 Å². The van der Waals surface area contributed by atoms with Crippen molar-refractivity contribution >= 4 is 29.2 Å². The molecule has 2 aliphatic rings. The van der Waals surface area contributed by atoms with Crippen LogP contribution in [0.25, 0.3) is 0 Å². The molecule has 0 saturated carbocycles. The molecule has 7 nitrogen and oxygen atoms in total. The van der Waals surface area contributed by atoms with Gasteiger partial charge in [0.15, 0.2) is 0 Å². The summed E-state index contributed by atoms with van der Waals surface area (Å²) in [7, 11) is 0. The van der Waals surface area contributed by atoms with E-state index in [0.29, 0.717) is 18.7 Å². The first-order valence-electron chi connectivity index (χ1n) is 9.75. The highest BCUT2D eigenvalue weighted by molar-refractivity contribution is 5.99. The summed E-state index contributed by atoms with van der Waals surface area (Å²) in [6.07, 6.45) is 0.0501. The molecule has 7 heteroatoms. The molecule has 0 bridgehead atoms. The van der Waals surface area contributed by atoms with Crippen LogP contribution in [0, 0.1) is 5.92 Å². The molecule has 2 aromatic carbocycles. The molecule has 2 aromatic rings. The topological polar surface area (TPSA) is 81.2 Å². The van der Waals surface area contributed by atoms with Crippen molar-refractivity contribution in [3.63, 3.8) is 0 Å². The van der Waals surface area contributed by atoms with E-state index in [0.717, 1.165) is 24.5 Å². The molecule has 150 valence electrons. The smallest absolute Gasteiger partial charge is 0.308 e. The van der Waals surface area contributed by atoms with Crippen molar-refractivity contribution in [2.24, 2.45) is 5.92 Å². The average Bonchev–Trinajstić information content (AvgIpc) is 3.16. The van der Waals surface area contributed by atoms with Crippen LogP contribution in [-0.4, -0.2) is 60.5 Å². The molecule has 2 fully saturated rings. The number of rotatable bonds is 4. The Morgan fingerprint density at radius 3 is 2.07 bits per heavy atom. The van der Waals surface area contributed by atoms with Crippen molar-refractivity contribution in [3.05, 3.63) is 60.2 Å². The number of carbonyl (C=O) groups excluding carboxylic acids is 2. The van der Waals surface area contributed by atoms with E-state index in [1.807, 2.05) is 59.5 Å². The molecule has 1 atom stereocenters. The Balaban J connectivity index is 1.37. The molecule has 4 rings (SSSR count). The first-order chi connectivity index (χ1) is 14.0. The Bertz CT molecular complexity index is 905. The van der Waals surface area contributed by atoms with Gasteiger partial charge in [-0.3, -0.25) is 14.4 Å². The third-order valence-electron chi connectivity index (χ3n) is 5.59. The second-order valence-electron chi connectivity index (χ2n) is 7.41. The van der Waals surface area contributed by atoms with Crippen LogP contribution in [0.3, 0.4) is 0 Å². The summed E-state index contributed by atoms with van der Waals surface area (Å²) in [6.45, 7) is 3.00. The number of hydrogen-bond donors (Lipinski definition) is 1. The van der Waals surface area contributed by atoms with Crippen molar-refractivity contribution in [1.29, 1.82) is 0 Å². The lowest BCUT2D eigenvalue weighted by molar-refractivity contribution is -0.141. The van der Waals surface area contributed by atoms with Gasteiger partial charge in [-0.15, -0.1) is 0 Å². The van der Waals surface area contributed by atoms with E-state index in [9.17, 15) is 14.4 Å². The monoisotopic (exact) mass is 393 g/mol. The fourth-order valence-corrected chi connectivity index (χ4v) is 3.90. The third kappa shape index (κ3) is 3.94. The van der Waals surface area contributed by atoms with Crippen LogP contribution in [0.2, 0.25) is 0 Å². The molecule has 2 heterocycles. The second kappa shape index (κ2) is 7.95. The molecule has 0 spiro atoms. The van der Waals surface area contributed by atoms with Crippen LogP contribution in [0.4, 0.5) is 11.4 Å². The molecule has 2 aliphatic heterocycles. The van der Waals surface area contributed by atoms with Crippen molar-refractivity contribution in [3.8, 4) is 0 Å². The number of hydrogen-bond acceptors (Lipinski definition) is 4. The van der Waals surface area contributed by atoms with E-state index >= 15 is 0 Å². The normalized spacial score (nSPS) is 19.5. The first kappa shape index (κ1) is 19.0. The van der Waals surface area contributed by atoms with E-state index in [1.54, 1.807) is 4.90 Å². The number of amides is 2. The Labute approximate surface area is 169 Å². The maximum Gasteiger partial charge on any atom is 0.308 e. The SMILES string of the molecule is O=C(O)C1CC(=O)N(c2ccc(N3CCN(C(=O)c4ccccc4)CC3)cc2)C1. The summed E-state index contributed by atoms with van der Waals surface area (Å²) in [5, 5.41) is 9.13. The van der Waals surface area contributed by atoms with Gasteiger partial charge in [0.1, 0.15) is 0 Å². The first-order valence-corrected chi connectivity index (χ1v) is 9.75. The van der Waals surface area contributed by atoms with Crippen molar-refractivity contribution in [1.82, 2.24) is 4.90 Å². The fraction of sp³-hybridized carbons (Fsp3) is 0.318. The minimum absolute atomic E-state index is 0.0501. The fourth-order valence-electron chi connectivity index (χ4n) is 3.90. The molecule has 29 heavy (non-hydrogen) atoms. The predicted octanol–water partition coefficient (Wildman–Crippen LogP) is 2.09. The zero-order valence-corrected chi connectivity index (χ0v) is 16.0. The molecular weight excluding hydrogens is 370 g/mol. The zero-order valence-electron chi connectivity index (χ0n) is 16.0. The molecule has 2 amide bonds. The molecule has 1 unspecified atom stereocenters. The summed E-state index contributed by atoms with van der Waals surface area (Å²) in [4.78, 5) is 41.4. The Kier molecular flexibility index (Phi) is 5.20. The lowest BCUT2D eigenvalue weighted by atomic mass is 10.1. The minimum atomic E-state index is -0.930. The second-order valence-corrected chi connectivity index (χ2v) is 7.41. The number of benzene rings is 2. The zero-order chi connectivity index (χ0) is 20.4. The number of anilines is 2. The maximum atomic E-state index is 12.6. The Morgan fingerprint density at radius 1 is 0.862 bits per heavy atom. The number of carboxylic acids is 1. The third-order valence-corrected chi connectivity index (χ3v) is 5.59. The molecule has 0 aromatic heterocycles. The highest BCUT2D eigenvalue weighted by Gasteiger charge is 2.35. The van der Waals surface area contributed by atoms with E-state index in [-0.39, 0.29) is 24.8 Å². The molecule has 0 radical (unpaired) electrons. The van der Waals surface area contributed by atoms with Crippen LogP contribution < -0.4 is 9.80 Å². The van der Waals surface area contributed by atoms with E-state index in [4.69, 9.17) is 5.11 Å². The quantitative estimate of drug-likeness (QED) is 0.860. The predicted molar refractivity (Wildman–Crippen MR) is 109 cm³/mol. The van der Waals surface area contributed by atoms with Gasteiger partial charge in [0.2, 0.25) is 5.91 Å². The van der Waals surface area contributed by atoms with Crippen LogP contribution in [0.5, 0.6) is 0 Å². The highest BCUT2D eigenvalue weighted by atomic mass is 16.4. The Morgan fingerprint density at radius 2 is 1.48 bits per heavy atom. The van der Waals surface area contributed by atoms with Gasteiger partial charge >= 0.3 is 5.97 Å². The van der Waals surface area contributed by atoms with Gasteiger partial charge in [0.25, 0.3) is 5.91 Å². The summed E-state index contributed by atoms with van der Waals surface area (Å²) in [5.41, 5.74) is 2.46. The van der Waals surface area contributed by atoms with Crippen LogP contribution in [0.1, 0.15) is 16.8 Å². The van der Waals surface area contributed by atoms with Gasteiger partial charge < -0.3 is 19.8 Å². The summed E-state index contributed by atoms with van der Waals surface area (Å²) < 4.78 is 0. The largest absolute Gasteiger partial charge is 0.481 e. The van der Waals surface area contributed by atoms with E-state index < -0.39 is 11.9 Å². The van der Waals surface area contributed by atoms with Crippen molar-refractivity contribution in [2.45, 2.75) is 6.42 Å². The van der Waals surface area contributed by atoms with E-state index in [2.05, 4.69) is 4.90 Å². The average molecular weight is 393 g/mol. The number of carboxylic acid groups (broad SMARTS) is 1. The lowest BCUT2D eigenvalue weighted by Crippen LogP contribution is -2.48. The van der Waals surface area contributed by atoms with Gasteiger partial charge in [0, 0.05) is 56.1 Å². The standard InChI is InChI=1S/C22H23N3O4/c26-20-14-17(22(28)29)15-25(20)19-8-6-18(7-9-19)23-10-12-24(13-11-23)21(27)16-4-2-1-3-5-16/h1-9,17H,10-15H2,(H,28,29). The number of nitrogens with zero attached hydrogens (tertiary/aromatic N) is 3. The highest BCUT2D eigenvalue weighted by Crippen LogP contribution is 2.28. The summed E-state index contributed by atoms with van der Waals surface area (Å²) in [6, 6.07) is 16.9. The van der Waals surface area contributed by atoms with Crippen molar-refractivity contribution < 1.29 is 19.5 Å². The minimum Gasteiger partial charge on any atom is -0.481 e. The van der Waals surface area contributed by atoms with Crippen LogP contribution in [-0.2, 0) is 9.59 Å². The van der Waals surface area contributed by atoms with E-state index in [1.165, 1.54) is 0 Å². The van der Waals surface area contributed by atoms with Crippen LogP contribution >= 0.6 is 0 Å². The van der Waals surface area contributed by atoms with Gasteiger partial charge in [-0.1, -0.05) is 18.2 Å². The molecule has 2 saturated heterocycles. The van der Waals surface area contributed by atoms with Gasteiger partial charge in [-0.25, -0.2) is 0 Å². The van der Waals surface area contributed by atoms with Gasteiger partial charge in [0.05, 0.1) is 5.92 Å². The molecular formula is C22H23N3O4.